The van der Waals surface area contributed by atoms with Crippen molar-refractivity contribution in [2.45, 2.75) is 13.5 Å². The van der Waals surface area contributed by atoms with E-state index in [1.54, 1.807) is 13.0 Å². The molecule has 0 aliphatic carbocycles. The number of hydrazine groups is 1. The number of hydrogen-bond acceptors (Lipinski definition) is 7. The summed E-state index contributed by atoms with van der Waals surface area (Å²) in [6.07, 6.45) is 4.89. The van der Waals surface area contributed by atoms with Gasteiger partial charge in [-0.05, 0) is 30.7 Å². The van der Waals surface area contributed by atoms with Gasteiger partial charge in [-0.2, -0.15) is 4.31 Å². The maximum Gasteiger partial charge on any atom is 0.232 e. The first-order valence-corrected chi connectivity index (χ1v) is 10.8. The van der Waals surface area contributed by atoms with Gasteiger partial charge in [0.2, 0.25) is 16.4 Å². The van der Waals surface area contributed by atoms with Crippen molar-refractivity contribution in [1.82, 2.24) is 19.2 Å². The first-order valence-electron chi connectivity index (χ1n) is 9.17. The molecule has 3 rings (SSSR count). The second-order valence-electron chi connectivity index (χ2n) is 6.61. The fourth-order valence-electron chi connectivity index (χ4n) is 3.12. The van der Waals surface area contributed by atoms with Crippen molar-refractivity contribution >= 4 is 27.8 Å². The van der Waals surface area contributed by atoms with Crippen LogP contribution < -0.4 is 10.4 Å². The van der Waals surface area contributed by atoms with Crippen LogP contribution >= 0.6 is 0 Å². The Morgan fingerprint density at radius 2 is 1.86 bits per heavy atom. The van der Waals surface area contributed by atoms with E-state index >= 15 is 0 Å². The lowest BCUT2D eigenvalue weighted by atomic mass is 10.1. The Morgan fingerprint density at radius 1 is 1.17 bits per heavy atom. The largest absolute Gasteiger partial charge is 0.296 e. The van der Waals surface area contributed by atoms with Gasteiger partial charge in [-0.15, -0.1) is 0 Å². The molecule has 156 valence electrons. The lowest BCUT2D eigenvalue weighted by Crippen LogP contribution is -2.48. The van der Waals surface area contributed by atoms with E-state index in [2.05, 4.69) is 20.3 Å². The minimum Gasteiger partial charge on any atom is -0.296 e. The highest BCUT2D eigenvalue weighted by Crippen LogP contribution is 2.21. The van der Waals surface area contributed by atoms with Crippen molar-refractivity contribution in [1.29, 1.82) is 0 Å². The molecule has 9 nitrogen and oxygen atoms in total. The second-order valence-corrected chi connectivity index (χ2v) is 8.87. The van der Waals surface area contributed by atoms with Crippen LogP contribution in [0, 0.1) is 5.82 Å². The summed E-state index contributed by atoms with van der Waals surface area (Å²) < 4.78 is 39.6. The van der Waals surface area contributed by atoms with Crippen molar-refractivity contribution < 1.29 is 17.6 Å². The van der Waals surface area contributed by atoms with Gasteiger partial charge in [0, 0.05) is 32.7 Å². The van der Waals surface area contributed by atoms with E-state index in [1.165, 1.54) is 35.2 Å². The molecule has 1 saturated heterocycles. The van der Waals surface area contributed by atoms with E-state index in [0.717, 1.165) is 5.01 Å². The molecule has 1 aromatic carbocycles. The first kappa shape index (κ1) is 21.1. The molecule has 0 saturated carbocycles. The van der Waals surface area contributed by atoms with Gasteiger partial charge in [-0.1, -0.05) is 0 Å². The monoisotopic (exact) mass is 422 g/mol. The summed E-state index contributed by atoms with van der Waals surface area (Å²) in [5.74, 6) is -0.385. The van der Waals surface area contributed by atoms with Gasteiger partial charge in [-0.3, -0.25) is 15.1 Å². The Bertz CT molecular complexity index is 936. The zero-order valence-electron chi connectivity index (χ0n) is 16.0. The van der Waals surface area contributed by atoms with Crippen LogP contribution in [-0.2, 0) is 21.4 Å². The maximum absolute atomic E-state index is 14.2. The minimum absolute atomic E-state index is 0.0846. The Kier molecular flexibility index (Phi) is 6.72. The van der Waals surface area contributed by atoms with Crippen LogP contribution in [-0.4, -0.2) is 65.9 Å². The lowest BCUT2D eigenvalue weighted by molar-refractivity contribution is -0.107. The zero-order valence-corrected chi connectivity index (χ0v) is 16.8. The highest BCUT2D eigenvalue weighted by atomic mass is 32.2. The standard InChI is InChI=1S/C18H23FN6O3S/c1-2-29(27,28)24-5-3-23(4-6-24)12-15-7-16(19)9-18(8-15)25(14-26)22-17-10-20-13-21-11-17/h7-11,13-14,22H,2-6,12H2,1H3. The summed E-state index contributed by atoms with van der Waals surface area (Å²) in [7, 11) is -3.19. The van der Waals surface area contributed by atoms with Crippen LogP contribution in [0.1, 0.15) is 12.5 Å². The number of piperazine rings is 1. The van der Waals surface area contributed by atoms with Crippen molar-refractivity contribution in [3.05, 3.63) is 48.3 Å². The molecule has 0 bridgehead atoms. The van der Waals surface area contributed by atoms with E-state index < -0.39 is 15.8 Å². The summed E-state index contributed by atoms with van der Waals surface area (Å²) >= 11 is 0. The molecule has 1 aliphatic rings. The van der Waals surface area contributed by atoms with E-state index in [-0.39, 0.29) is 5.75 Å². The summed E-state index contributed by atoms with van der Waals surface area (Å²) in [5, 5.41) is 1.15. The van der Waals surface area contributed by atoms with Gasteiger partial charge >= 0.3 is 0 Å². The molecule has 2 heterocycles. The summed E-state index contributed by atoms with van der Waals surface area (Å²) in [6.45, 7) is 4.02. The van der Waals surface area contributed by atoms with Crippen molar-refractivity contribution in [2.75, 3.05) is 42.4 Å². The SMILES string of the molecule is CCS(=O)(=O)N1CCN(Cc2cc(F)cc(N(C=O)Nc3cncnc3)c2)CC1. The number of amides is 1. The van der Waals surface area contributed by atoms with Gasteiger partial charge in [0.05, 0.1) is 29.5 Å². The highest BCUT2D eigenvalue weighted by molar-refractivity contribution is 7.89. The van der Waals surface area contributed by atoms with Gasteiger partial charge in [0.15, 0.2) is 0 Å². The van der Waals surface area contributed by atoms with Crippen LogP contribution in [0.3, 0.4) is 0 Å². The van der Waals surface area contributed by atoms with Gasteiger partial charge in [-0.25, -0.2) is 27.8 Å². The summed E-state index contributed by atoms with van der Waals surface area (Å²) in [5.41, 5.74) is 4.33. The Hall–Kier alpha value is -2.63. The molecule has 0 unspecified atom stereocenters. The van der Waals surface area contributed by atoms with Crippen LogP contribution in [0.4, 0.5) is 15.8 Å². The first-order chi connectivity index (χ1) is 13.9. The number of carbonyl (C=O) groups is 1. The topological polar surface area (TPSA) is 98.7 Å². The molecule has 1 N–H and O–H groups in total. The number of nitrogens with one attached hydrogen (secondary N) is 1. The molecule has 29 heavy (non-hydrogen) atoms. The van der Waals surface area contributed by atoms with Crippen LogP contribution in [0.5, 0.6) is 0 Å². The highest BCUT2D eigenvalue weighted by Gasteiger charge is 2.25. The normalized spacial score (nSPS) is 15.8. The third-order valence-electron chi connectivity index (χ3n) is 4.63. The Labute approximate surface area is 169 Å². The summed E-state index contributed by atoms with van der Waals surface area (Å²) in [6, 6.07) is 4.37. The maximum atomic E-state index is 14.2. The van der Waals surface area contributed by atoms with Crippen LogP contribution in [0.2, 0.25) is 0 Å². The second kappa shape index (κ2) is 9.25. The molecule has 11 heteroatoms. The van der Waals surface area contributed by atoms with Crippen molar-refractivity contribution in [3.8, 4) is 0 Å². The number of aromatic nitrogens is 2. The molecular formula is C18H23FN6O3S. The average molecular weight is 422 g/mol. The molecule has 1 amide bonds. The number of nitrogens with zero attached hydrogens (tertiary/aromatic N) is 5. The number of anilines is 2. The molecule has 0 radical (unpaired) electrons. The molecule has 1 aliphatic heterocycles. The minimum atomic E-state index is -3.19. The third-order valence-corrected chi connectivity index (χ3v) is 6.51. The number of hydrogen-bond donors (Lipinski definition) is 1. The van der Waals surface area contributed by atoms with Crippen LogP contribution in [0.25, 0.3) is 0 Å². The quantitative estimate of drug-likeness (QED) is 0.502. The van der Waals surface area contributed by atoms with Crippen molar-refractivity contribution in [3.63, 3.8) is 0 Å². The molecule has 2 aromatic rings. The van der Waals surface area contributed by atoms with Gasteiger partial charge in [0.1, 0.15) is 12.1 Å². The molecule has 0 spiro atoms. The Balaban J connectivity index is 1.68. The number of benzene rings is 1. The fraction of sp³-hybridized carbons (Fsp3) is 0.389. The smallest absolute Gasteiger partial charge is 0.232 e. The third kappa shape index (κ3) is 5.46. The molecule has 1 fully saturated rings. The van der Waals surface area contributed by atoms with E-state index in [1.807, 2.05) is 0 Å². The van der Waals surface area contributed by atoms with Gasteiger partial charge < -0.3 is 0 Å². The fourth-order valence-corrected chi connectivity index (χ4v) is 4.20. The number of halogens is 1. The van der Waals surface area contributed by atoms with Crippen LogP contribution in [0.15, 0.2) is 36.9 Å². The number of sulfonamides is 1. The predicted molar refractivity (Wildman–Crippen MR) is 107 cm³/mol. The van der Waals surface area contributed by atoms with E-state index in [9.17, 15) is 17.6 Å². The predicted octanol–water partition coefficient (Wildman–Crippen LogP) is 1.07. The number of rotatable bonds is 8. The number of carbonyl (C=O) groups excluding carboxylic acids is 1. The molecular weight excluding hydrogens is 399 g/mol. The average Bonchev–Trinajstić information content (AvgIpc) is 2.72. The van der Waals surface area contributed by atoms with Gasteiger partial charge in [0.25, 0.3) is 0 Å². The summed E-state index contributed by atoms with van der Waals surface area (Å²) in [4.78, 5) is 21.3. The Morgan fingerprint density at radius 3 is 2.48 bits per heavy atom. The molecule has 0 atom stereocenters. The molecule has 1 aromatic heterocycles. The lowest BCUT2D eigenvalue weighted by Gasteiger charge is -2.34. The van der Waals surface area contributed by atoms with Crippen molar-refractivity contribution in [2.24, 2.45) is 0 Å². The van der Waals surface area contributed by atoms with E-state index in [4.69, 9.17) is 0 Å². The van der Waals surface area contributed by atoms with E-state index in [0.29, 0.717) is 56.1 Å². The zero-order chi connectivity index (χ0) is 20.9.